The largest absolute Gasteiger partial charge is 0.483 e. The first-order valence-electron chi connectivity index (χ1n) is 10.4. The molecule has 1 aliphatic rings. The minimum atomic E-state index is -3.63. The number of hydrogen-bond acceptors (Lipinski definition) is 5. The van der Waals surface area contributed by atoms with Crippen molar-refractivity contribution in [3.63, 3.8) is 0 Å². The first-order valence-corrected chi connectivity index (χ1v) is 11.9. The fourth-order valence-corrected chi connectivity index (χ4v) is 5.37. The number of Topliss-reactive ketones (excluding diaryl/α,β-unsaturated/α-hetero) is 1. The molecule has 0 radical (unpaired) electrons. The van der Waals surface area contributed by atoms with Crippen molar-refractivity contribution in [3.8, 4) is 5.75 Å². The van der Waals surface area contributed by atoms with Crippen LogP contribution in [-0.4, -0.2) is 44.1 Å². The molecular formula is C23H28N2O5S. The van der Waals surface area contributed by atoms with Crippen LogP contribution in [0.1, 0.15) is 48.5 Å². The highest BCUT2D eigenvalue weighted by molar-refractivity contribution is 7.89. The number of sulfonamides is 1. The summed E-state index contributed by atoms with van der Waals surface area (Å²) >= 11 is 0. The number of carbonyl (C=O) groups excluding carboxylic acids is 2. The van der Waals surface area contributed by atoms with Crippen molar-refractivity contribution in [2.24, 2.45) is 0 Å². The van der Waals surface area contributed by atoms with Crippen molar-refractivity contribution in [3.05, 3.63) is 53.6 Å². The molecule has 1 aliphatic heterocycles. The second-order valence-corrected chi connectivity index (χ2v) is 9.59. The molecule has 1 fully saturated rings. The smallest absolute Gasteiger partial charge is 0.262 e. The van der Waals surface area contributed by atoms with Gasteiger partial charge in [0.1, 0.15) is 5.75 Å². The van der Waals surface area contributed by atoms with E-state index in [9.17, 15) is 18.0 Å². The van der Waals surface area contributed by atoms with E-state index in [0.717, 1.165) is 25.7 Å². The summed E-state index contributed by atoms with van der Waals surface area (Å²) < 4.78 is 33.4. The molecule has 8 heteroatoms. The van der Waals surface area contributed by atoms with E-state index in [1.165, 1.54) is 17.3 Å². The van der Waals surface area contributed by atoms with Crippen molar-refractivity contribution in [1.29, 1.82) is 0 Å². The molecule has 0 aromatic heterocycles. The molecule has 1 heterocycles. The topological polar surface area (TPSA) is 92.8 Å². The lowest BCUT2D eigenvalue weighted by atomic mass is 10.1. The summed E-state index contributed by atoms with van der Waals surface area (Å²) in [6, 6.07) is 11.6. The number of ketones is 1. The number of aryl methyl sites for hydroxylation is 1. The first kappa shape index (κ1) is 23.0. The van der Waals surface area contributed by atoms with Crippen LogP contribution in [0.25, 0.3) is 0 Å². The number of anilines is 1. The van der Waals surface area contributed by atoms with E-state index >= 15 is 0 Å². The Hall–Kier alpha value is -2.71. The van der Waals surface area contributed by atoms with Crippen LogP contribution in [0.15, 0.2) is 47.4 Å². The standard InChI is InChI=1S/C23H28N2O5S/c1-17-11-12-19(15-22(17)31(28,29)25-13-7-3-4-8-14-25)24-23(27)16-30-21-10-6-5-9-20(21)18(2)26/h5-6,9-12,15H,3-4,7-8,13-14,16H2,1-2H3,(H,24,27). The Morgan fingerprint density at radius 3 is 2.39 bits per heavy atom. The van der Waals surface area contributed by atoms with Crippen molar-refractivity contribution >= 4 is 27.4 Å². The van der Waals surface area contributed by atoms with Crippen LogP contribution < -0.4 is 10.1 Å². The zero-order valence-electron chi connectivity index (χ0n) is 17.9. The molecule has 2 aromatic rings. The van der Waals surface area contributed by atoms with Gasteiger partial charge >= 0.3 is 0 Å². The van der Waals surface area contributed by atoms with Gasteiger partial charge in [-0.05, 0) is 56.5 Å². The predicted octanol–water partition coefficient (Wildman–Crippen LogP) is 3.78. The average Bonchev–Trinajstić information content (AvgIpc) is 3.04. The number of amides is 1. The highest BCUT2D eigenvalue weighted by Gasteiger charge is 2.27. The van der Waals surface area contributed by atoms with Gasteiger partial charge in [0.2, 0.25) is 10.0 Å². The van der Waals surface area contributed by atoms with Crippen molar-refractivity contribution < 1.29 is 22.7 Å². The molecular weight excluding hydrogens is 416 g/mol. The van der Waals surface area contributed by atoms with Gasteiger partial charge in [0, 0.05) is 18.8 Å². The molecule has 0 bridgehead atoms. The third-order valence-corrected chi connectivity index (χ3v) is 7.32. The van der Waals surface area contributed by atoms with E-state index in [1.807, 2.05) is 0 Å². The molecule has 166 valence electrons. The van der Waals surface area contributed by atoms with Gasteiger partial charge in [0.05, 0.1) is 10.5 Å². The number of nitrogens with zero attached hydrogens (tertiary/aromatic N) is 1. The Kier molecular flexibility index (Phi) is 7.46. The van der Waals surface area contributed by atoms with E-state index in [-0.39, 0.29) is 17.3 Å². The van der Waals surface area contributed by atoms with Crippen LogP contribution in [0.3, 0.4) is 0 Å². The Morgan fingerprint density at radius 1 is 1.03 bits per heavy atom. The van der Waals surface area contributed by atoms with Crippen LogP contribution >= 0.6 is 0 Å². The minimum Gasteiger partial charge on any atom is -0.483 e. The van der Waals surface area contributed by atoms with Crippen LogP contribution in [0.4, 0.5) is 5.69 Å². The van der Waals surface area contributed by atoms with Crippen LogP contribution in [0.5, 0.6) is 5.75 Å². The van der Waals surface area contributed by atoms with E-state index in [4.69, 9.17) is 4.74 Å². The Morgan fingerprint density at radius 2 is 1.71 bits per heavy atom. The third kappa shape index (κ3) is 5.71. The van der Waals surface area contributed by atoms with Crippen molar-refractivity contribution in [2.45, 2.75) is 44.4 Å². The maximum atomic E-state index is 13.2. The lowest BCUT2D eigenvalue weighted by Gasteiger charge is -2.21. The molecule has 1 N–H and O–H groups in total. The summed E-state index contributed by atoms with van der Waals surface area (Å²) in [6.45, 7) is 3.91. The quantitative estimate of drug-likeness (QED) is 0.656. The van der Waals surface area contributed by atoms with Crippen LogP contribution in [0.2, 0.25) is 0 Å². The second kappa shape index (κ2) is 10.1. The van der Waals surface area contributed by atoms with Gasteiger partial charge in [0.15, 0.2) is 12.4 Å². The summed E-state index contributed by atoms with van der Waals surface area (Å²) in [7, 11) is -3.63. The van der Waals surface area contributed by atoms with Gasteiger partial charge in [-0.2, -0.15) is 4.31 Å². The zero-order valence-corrected chi connectivity index (χ0v) is 18.7. The number of ether oxygens (including phenoxy) is 1. The van der Waals surface area contributed by atoms with Gasteiger partial charge in [-0.15, -0.1) is 0 Å². The maximum absolute atomic E-state index is 13.2. The van der Waals surface area contributed by atoms with Gasteiger partial charge in [0.25, 0.3) is 5.91 Å². The summed E-state index contributed by atoms with van der Waals surface area (Å²) in [5, 5.41) is 2.68. The van der Waals surface area contributed by atoms with Crippen LogP contribution in [-0.2, 0) is 14.8 Å². The number of benzene rings is 2. The second-order valence-electron chi connectivity index (χ2n) is 7.69. The molecule has 1 amide bonds. The fourth-order valence-electron chi connectivity index (χ4n) is 3.60. The minimum absolute atomic E-state index is 0.155. The molecule has 31 heavy (non-hydrogen) atoms. The third-order valence-electron chi connectivity index (χ3n) is 5.28. The van der Waals surface area contributed by atoms with Gasteiger partial charge in [-0.3, -0.25) is 9.59 Å². The SMILES string of the molecule is CC(=O)c1ccccc1OCC(=O)Nc1ccc(C)c(S(=O)(=O)N2CCCCCC2)c1. The summed E-state index contributed by atoms with van der Waals surface area (Å²) in [6.07, 6.45) is 3.78. The number of nitrogens with one attached hydrogen (secondary N) is 1. The molecule has 7 nitrogen and oxygen atoms in total. The number of carbonyl (C=O) groups is 2. The van der Waals surface area contributed by atoms with Crippen molar-refractivity contribution in [2.75, 3.05) is 25.0 Å². The Bertz CT molecular complexity index is 1060. The van der Waals surface area contributed by atoms with E-state index in [0.29, 0.717) is 35.7 Å². The Labute approximate surface area is 183 Å². The van der Waals surface area contributed by atoms with Crippen LogP contribution in [0, 0.1) is 6.92 Å². The first-order chi connectivity index (χ1) is 14.8. The number of hydrogen-bond donors (Lipinski definition) is 1. The van der Waals surface area contributed by atoms with Gasteiger partial charge in [-0.25, -0.2) is 8.42 Å². The highest BCUT2D eigenvalue weighted by atomic mass is 32.2. The number of rotatable bonds is 7. The predicted molar refractivity (Wildman–Crippen MR) is 119 cm³/mol. The summed E-state index contributed by atoms with van der Waals surface area (Å²) in [4.78, 5) is 24.3. The lowest BCUT2D eigenvalue weighted by molar-refractivity contribution is -0.118. The monoisotopic (exact) mass is 444 g/mol. The molecule has 3 rings (SSSR count). The van der Waals surface area contributed by atoms with E-state index in [2.05, 4.69) is 5.32 Å². The summed E-state index contributed by atoms with van der Waals surface area (Å²) in [5.41, 5.74) is 1.41. The van der Waals surface area contributed by atoms with Gasteiger partial charge < -0.3 is 10.1 Å². The molecule has 0 aliphatic carbocycles. The van der Waals surface area contributed by atoms with Crippen molar-refractivity contribution in [1.82, 2.24) is 4.31 Å². The average molecular weight is 445 g/mol. The molecule has 0 saturated carbocycles. The molecule has 0 spiro atoms. The fraction of sp³-hybridized carbons (Fsp3) is 0.391. The normalized spacial score (nSPS) is 15.2. The molecule has 0 atom stereocenters. The zero-order chi connectivity index (χ0) is 22.4. The molecule has 2 aromatic carbocycles. The summed E-state index contributed by atoms with van der Waals surface area (Å²) in [5.74, 6) is -0.267. The number of para-hydroxylation sites is 1. The molecule has 1 saturated heterocycles. The highest BCUT2D eigenvalue weighted by Crippen LogP contribution is 2.26. The maximum Gasteiger partial charge on any atom is 0.262 e. The van der Waals surface area contributed by atoms with Gasteiger partial charge in [-0.1, -0.05) is 31.0 Å². The van der Waals surface area contributed by atoms with E-state index in [1.54, 1.807) is 43.3 Å². The lowest BCUT2D eigenvalue weighted by Crippen LogP contribution is -2.32. The molecule has 0 unspecified atom stereocenters. The van der Waals surface area contributed by atoms with E-state index < -0.39 is 15.9 Å². The Balaban J connectivity index is 1.71.